The molecule has 0 atom stereocenters. The first-order chi connectivity index (χ1) is 12.6. The Hall–Kier alpha value is -2.63. The standard InChI is InChI=1S/C20H25N5O/c1-14-4-3-5-18(15(14)2)24-10-12-25(13-11-24)19-9-8-17(22-23-19)20(26)21-16-6-7-16/h3-5,8-9,16H,6-7,10-13H2,1-2H3,(H,21,26). The van der Waals surface area contributed by atoms with E-state index in [0.29, 0.717) is 11.7 Å². The average Bonchev–Trinajstić information content (AvgIpc) is 3.48. The molecule has 2 aromatic rings. The molecule has 6 heteroatoms. The highest BCUT2D eigenvalue weighted by molar-refractivity contribution is 5.92. The van der Waals surface area contributed by atoms with Gasteiger partial charge in [-0.3, -0.25) is 4.79 Å². The fourth-order valence-electron chi connectivity index (χ4n) is 3.36. The van der Waals surface area contributed by atoms with Gasteiger partial charge in [-0.15, -0.1) is 10.2 Å². The summed E-state index contributed by atoms with van der Waals surface area (Å²) in [6.07, 6.45) is 2.14. The Morgan fingerprint density at radius 2 is 1.73 bits per heavy atom. The van der Waals surface area contributed by atoms with Crippen molar-refractivity contribution in [2.24, 2.45) is 0 Å². The zero-order chi connectivity index (χ0) is 18.1. The maximum absolute atomic E-state index is 12.0. The molecule has 26 heavy (non-hydrogen) atoms. The van der Waals surface area contributed by atoms with E-state index in [1.54, 1.807) is 6.07 Å². The van der Waals surface area contributed by atoms with Gasteiger partial charge in [0.2, 0.25) is 0 Å². The van der Waals surface area contributed by atoms with Gasteiger partial charge in [0.25, 0.3) is 5.91 Å². The van der Waals surface area contributed by atoms with Crippen LogP contribution in [0, 0.1) is 13.8 Å². The van der Waals surface area contributed by atoms with E-state index >= 15 is 0 Å². The van der Waals surface area contributed by atoms with Crippen molar-refractivity contribution < 1.29 is 4.79 Å². The fraction of sp³-hybridized carbons (Fsp3) is 0.450. The number of nitrogens with zero attached hydrogens (tertiary/aromatic N) is 4. The molecule has 136 valence electrons. The van der Waals surface area contributed by atoms with Crippen LogP contribution in [-0.4, -0.2) is 48.3 Å². The topological polar surface area (TPSA) is 61.4 Å². The Morgan fingerprint density at radius 1 is 1.00 bits per heavy atom. The van der Waals surface area contributed by atoms with Crippen LogP contribution in [0.25, 0.3) is 0 Å². The molecule has 2 aliphatic rings. The molecule has 1 aliphatic heterocycles. The Bertz CT molecular complexity index is 792. The van der Waals surface area contributed by atoms with Crippen molar-refractivity contribution >= 4 is 17.4 Å². The van der Waals surface area contributed by atoms with Gasteiger partial charge in [-0.25, -0.2) is 0 Å². The molecule has 2 heterocycles. The molecule has 0 bridgehead atoms. The summed E-state index contributed by atoms with van der Waals surface area (Å²) in [5.41, 5.74) is 4.40. The van der Waals surface area contributed by atoms with Crippen LogP contribution in [-0.2, 0) is 0 Å². The first-order valence-corrected chi connectivity index (χ1v) is 9.32. The van der Waals surface area contributed by atoms with Crippen LogP contribution in [0.1, 0.15) is 34.5 Å². The Balaban J connectivity index is 1.38. The molecule has 1 N–H and O–H groups in total. The van der Waals surface area contributed by atoms with Crippen LogP contribution >= 0.6 is 0 Å². The van der Waals surface area contributed by atoms with Gasteiger partial charge in [-0.2, -0.15) is 0 Å². The van der Waals surface area contributed by atoms with Crippen molar-refractivity contribution in [1.29, 1.82) is 0 Å². The molecule has 4 rings (SSSR count). The Kier molecular flexibility index (Phi) is 4.49. The van der Waals surface area contributed by atoms with Crippen molar-refractivity contribution in [1.82, 2.24) is 15.5 Å². The number of hydrogen-bond donors (Lipinski definition) is 1. The van der Waals surface area contributed by atoms with E-state index in [1.807, 2.05) is 6.07 Å². The van der Waals surface area contributed by atoms with E-state index in [-0.39, 0.29) is 5.91 Å². The first-order valence-electron chi connectivity index (χ1n) is 9.32. The van der Waals surface area contributed by atoms with Gasteiger partial charge in [-0.1, -0.05) is 12.1 Å². The van der Waals surface area contributed by atoms with Gasteiger partial charge in [0.05, 0.1) is 0 Å². The number of hydrogen-bond acceptors (Lipinski definition) is 5. The molecule has 0 radical (unpaired) electrons. The fourth-order valence-corrected chi connectivity index (χ4v) is 3.36. The molecule has 1 aliphatic carbocycles. The number of carbonyl (C=O) groups is 1. The minimum absolute atomic E-state index is 0.119. The van der Waals surface area contributed by atoms with Crippen molar-refractivity contribution in [3.8, 4) is 0 Å². The number of aromatic nitrogens is 2. The van der Waals surface area contributed by atoms with Gasteiger partial charge in [0.15, 0.2) is 11.5 Å². The lowest BCUT2D eigenvalue weighted by atomic mass is 10.1. The first kappa shape index (κ1) is 16.8. The zero-order valence-electron chi connectivity index (χ0n) is 15.4. The molecule has 1 aromatic heterocycles. The highest BCUT2D eigenvalue weighted by atomic mass is 16.2. The number of nitrogens with one attached hydrogen (secondary N) is 1. The Morgan fingerprint density at radius 3 is 2.38 bits per heavy atom. The van der Waals surface area contributed by atoms with Crippen molar-refractivity contribution in [2.75, 3.05) is 36.0 Å². The number of benzene rings is 1. The van der Waals surface area contributed by atoms with Gasteiger partial charge in [-0.05, 0) is 56.0 Å². The van der Waals surface area contributed by atoms with E-state index in [9.17, 15) is 4.79 Å². The van der Waals surface area contributed by atoms with Crippen molar-refractivity contribution in [2.45, 2.75) is 32.7 Å². The number of rotatable bonds is 4. The van der Waals surface area contributed by atoms with E-state index in [1.165, 1.54) is 16.8 Å². The Labute approximate surface area is 154 Å². The van der Waals surface area contributed by atoms with Crippen LogP contribution < -0.4 is 15.1 Å². The lowest BCUT2D eigenvalue weighted by Gasteiger charge is -2.37. The minimum Gasteiger partial charge on any atom is -0.368 e. The highest BCUT2D eigenvalue weighted by Gasteiger charge is 2.25. The number of piperazine rings is 1. The molecule has 1 amide bonds. The second kappa shape index (κ2) is 6.94. The van der Waals surface area contributed by atoms with Crippen LogP contribution in [0.15, 0.2) is 30.3 Å². The molecule has 1 aromatic carbocycles. The van der Waals surface area contributed by atoms with Crippen molar-refractivity contribution in [3.05, 3.63) is 47.2 Å². The zero-order valence-corrected chi connectivity index (χ0v) is 15.4. The van der Waals surface area contributed by atoms with Gasteiger partial charge in [0.1, 0.15) is 0 Å². The summed E-state index contributed by atoms with van der Waals surface area (Å²) in [5, 5.41) is 11.3. The molecule has 0 spiro atoms. The molecule has 6 nitrogen and oxygen atoms in total. The summed E-state index contributed by atoms with van der Waals surface area (Å²) in [4.78, 5) is 16.7. The molecule has 1 saturated carbocycles. The highest BCUT2D eigenvalue weighted by Crippen LogP contribution is 2.25. The van der Waals surface area contributed by atoms with Gasteiger partial charge < -0.3 is 15.1 Å². The lowest BCUT2D eigenvalue weighted by molar-refractivity contribution is 0.0945. The van der Waals surface area contributed by atoms with E-state index in [0.717, 1.165) is 44.8 Å². The summed E-state index contributed by atoms with van der Waals surface area (Å²) in [6, 6.07) is 10.5. The summed E-state index contributed by atoms with van der Waals surface area (Å²) in [6.45, 7) is 8.05. The summed E-state index contributed by atoms with van der Waals surface area (Å²) < 4.78 is 0. The molecule has 0 unspecified atom stereocenters. The quantitative estimate of drug-likeness (QED) is 0.916. The number of aryl methyl sites for hydroxylation is 1. The largest absolute Gasteiger partial charge is 0.368 e. The van der Waals surface area contributed by atoms with E-state index < -0.39 is 0 Å². The number of anilines is 2. The lowest BCUT2D eigenvalue weighted by Crippen LogP contribution is -2.47. The predicted octanol–water partition coefficient (Wildman–Crippen LogP) is 2.31. The molecular weight excluding hydrogens is 326 g/mol. The third kappa shape index (κ3) is 3.49. The predicted molar refractivity (Wildman–Crippen MR) is 103 cm³/mol. The van der Waals surface area contributed by atoms with Crippen molar-refractivity contribution in [3.63, 3.8) is 0 Å². The molecular formula is C20H25N5O. The number of amides is 1. The van der Waals surface area contributed by atoms with Crippen LogP contribution in [0.5, 0.6) is 0 Å². The SMILES string of the molecule is Cc1cccc(N2CCN(c3ccc(C(=O)NC4CC4)nn3)CC2)c1C. The minimum atomic E-state index is -0.119. The third-order valence-corrected chi connectivity index (χ3v) is 5.32. The van der Waals surface area contributed by atoms with Gasteiger partial charge >= 0.3 is 0 Å². The molecule has 1 saturated heterocycles. The van der Waals surface area contributed by atoms with Crippen LogP contribution in [0.2, 0.25) is 0 Å². The second-order valence-corrected chi connectivity index (χ2v) is 7.22. The van der Waals surface area contributed by atoms with Crippen LogP contribution in [0.3, 0.4) is 0 Å². The van der Waals surface area contributed by atoms with E-state index in [2.05, 4.69) is 57.4 Å². The van der Waals surface area contributed by atoms with Crippen LogP contribution in [0.4, 0.5) is 11.5 Å². The van der Waals surface area contributed by atoms with E-state index in [4.69, 9.17) is 0 Å². The summed E-state index contributed by atoms with van der Waals surface area (Å²) >= 11 is 0. The normalized spacial score (nSPS) is 17.3. The summed E-state index contributed by atoms with van der Waals surface area (Å²) in [7, 11) is 0. The maximum Gasteiger partial charge on any atom is 0.272 e. The second-order valence-electron chi connectivity index (χ2n) is 7.22. The van der Waals surface area contributed by atoms with Gasteiger partial charge in [0, 0.05) is 37.9 Å². The third-order valence-electron chi connectivity index (χ3n) is 5.32. The summed E-state index contributed by atoms with van der Waals surface area (Å²) in [5.74, 6) is 0.722. The smallest absolute Gasteiger partial charge is 0.272 e. The average molecular weight is 351 g/mol. The monoisotopic (exact) mass is 351 g/mol. The number of carbonyl (C=O) groups excluding carboxylic acids is 1. The molecule has 2 fully saturated rings. The maximum atomic E-state index is 12.0.